The van der Waals surface area contributed by atoms with Crippen molar-refractivity contribution in [2.24, 2.45) is 5.41 Å². The fourth-order valence-corrected chi connectivity index (χ4v) is 2.65. The van der Waals surface area contributed by atoms with Gasteiger partial charge in [0.05, 0.1) is 18.3 Å². The van der Waals surface area contributed by atoms with Crippen molar-refractivity contribution in [1.29, 1.82) is 0 Å². The van der Waals surface area contributed by atoms with Gasteiger partial charge in [0.1, 0.15) is 0 Å². The maximum absolute atomic E-state index is 9.95. The second-order valence-electron chi connectivity index (χ2n) is 6.75. The summed E-state index contributed by atoms with van der Waals surface area (Å²) in [6.07, 6.45) is 3.35. The normalized spacial score (nSPS) is 32.5. The van der Waals surface area contributed by atoms with E-state index in [1.165, 1.54) is 0 Å². The van der Waals surface area contributed by atoms with E-state index in [0.29, 0.717) is 24.8 Å². The summed E-state index contributed by atoms with van der Waals surface area (Å²) in [7, 11) is 0. The maximum atomic E-state index is 9.95. The van der Waals surface area contributed by atoms with E-state index in [2.05, 4.69) is 39.9 Å². The van der Waals surface area contributed by atoms with Gasteiger partial charge in [-0.25, -0.2) is 0 Å². The molecule has 0 aromatic heterocycles. The molecular weight excluding hydrogens is 214 g/mol. The van der Waals surface area contributed by atoms with Gasteiger partial charge in [-0.3, -0.25) is 0 Å². The summed E-state index contributed by atoms with van der Waals surface area (Å²) in [6.45, 7) is 11.4. The molecule has 17 heavy (non-hydrogen) atoms. The first-order chi connectivity index (χ1) is 7.76. The first-order valence-corrected chi connectivity index (χ1v) is 6.83. The second kappa shape index (κ2) is 6.17. The lowest BCUT2D eigenvalue weighted by Gasteiger charge is -2.33. The zero-order chi connectivity index (χ0) is 13.1. The highest BCUT2D eigenvalue weighted by atomic mass is 16.5. The lowest BCUT2D eigenvalue weighted by molar-refractivity contribution is -0.0437. The van der Waals surface area contributed by atoms with Crippen LogP contribution in [-0.4, -0.2) is 36.0 Å². The van der Waals surface area contributed by atoms with Crippen LogP contribution in [0.3, 0.4) is 0 Å². The Morgan fingerprint density at radius 2 is 1.76 bits per heavy atom. The van der Waals surface area contributed by atoms with Crippen LogP contribution in [0.2, 0.25) is 0 Å². The lowest BCUT2D eigenvalue weighted by Crippen LogP contribution is -2.44. The van der Waals surface area contributed by atoms with E-state index in [1.807, 2.05) is 0 Å². The molecule has 0 aromatic carbocycles. The molecule has 0 aliphatic carbocycles. The van der Waals surface area contributed by atoms with Crippen LogP contribution in [0.4, 0.5) is 0 Å². The molecule has 1 saturated heterocycles. The zero-order valence-corrected chi connectivity index (χ0v) is 12.0. The van der Waals surface area contributed by atoms with Gasteiger partial charge in [0.15, 0.2) is 0 Å². The fraction of sp³-hybridized carbons (Fsp3) is 1.00. The fourth-order valence-electron chi connectivity index (χ4n) is 2.65. The van der Waals surface area contributed by atoms with Crippen LogP contribution < -0.4 is 5.32 Å². The molecule has 0 saturated carbocycles. The van der Waals surface area contributed by atoms with Crippen molar-refractivity contribution in [1.82, 2.24) is 5.32 Å². The predicted molar refractivity (Wildman–Crippen MR) is 71.1 cm³/mol. The summed E-state index contributed by atoms with van der Waals surface area (Å²) in [5.74, 6) is 0. The van der Waals surface area contributed by atoms with Crippen molar-refractivity contribution in [2.75, 3.05) is 6.54 Å². The van der Waals surface area contributed by atoms with Gasteiger partial charge in [-0.2, -0.15) is 0 Å². The van der Waals surface area contributed by atoms with Gasteiger partial charge < -0.3 is 15.2 Å². The van der Waals surface area contributed by atoms with Crippen LogP contribution in [0.15, 0.2) is 0 Å². The number of ether oxygens (including phenoxy) is 1. The summed E-state index contributed by atoms with van der Waals surface area (Å²) in [5.41, 5.74) is 0.192. The van der Waals surface area contributed by atoms with Crippen molar-refractivity contribution >= 4 is 0 Å². The average molecular weight is 243 g/mol. The number of rotatable bonds is 4. The number of aliphatic hydroxyl groups excluding tert-OH is 1. The van der Waals surface area contributed by atoms with Gasteiger partial charge >= 0.3 is 0 Å². The highest BCUT2D eigenvalue weighted by molar-refractivity contribution is 4.80. The molecule has 3 nitrogen and oxygen atoms in total. The van der Waals surface area contributed by atoms with Crippen molar-refractivity contribution in [3.05, 3.63) is 0 Å². The molecule has 1 fully saturated rings. The molecule has 1 heterocycles. The third-order valence-electron chi connectivity index (χ3n) is 3.19. The van der Waals surface area contributed by atoms with Crippen LogP contribution in [0.1, 0.15) is 53.9 Å². The van der Waals surface area contributed by atoms with Gasteiger partial charge in [-0.05, 0) is 38.5 Å². The molecule has 1 aliphatic heterocycles. The third-order valence-corrected chi connectivity index (χ3v) is 3.19. The SMILES string of the molecule is CC1CC(NCC(O)CC(C)(C)C)CC(C)O1. The quantitative estimate of drug-likeness (QED) is 0.796. The summed E-state index contributed by atoms with van der Waals surface area (Å²) in [4.78, 5) is 0. The number of aliphatic hydroxyl groups is 1. The van der Waals surface area contributed by atoms with Crippen LogP contribution in [0, 0.1) is 5.41 Å². The van der Waals surface area contributed by atoms with E-state index >= 15 is 0 Å². The molecular formula is C14H29NO2. The molecule has 0 radical (unpaired) electrons. The number of hydrogen-bond donors (Lipinski definition) is 2. The Balaban J connectivity index is 2.25. The first-order valence-electron chi connectivity index (χ1n) is 6.83. The summed E-state index contributed by atoms with van der Waals surface area (Å²) in [6, 6.07) is 0.489. The average Bonchev–Trinajstić information content (AvgIpc) is 2.10. The highest BCUT2D eigenvalue weighted by Crippen LogP contribution is 2.22. The van der Waals surface area contributed by atoms with Crippen molar-refractivity contribution in [2.45, 2.75) is 78.2 Å². The molecule has 3 atom stereocenters. The molecule has 1 aliphatic rings. The highest BCUT2D eigenvalue weighted by Gasteiger charge is 2.25. The summed E-state index contributed by atoms with van der Waals surface area (Å²) < 4.78 is 5.70. The van der Waals surface area contributed by atoms with E-state index in [0.717, 1.165) is 19.3 Å². The predicted octanol–water partition coefficient (Wildman–Crippen LogP) is 2.33. The van der Waals surface area contributed by atoms with Gasteiger partial charge in [-0.1, -0.05) is 20.8 Å². The molecule has 1 rings (SSSR count). The van der Waals surface area contributed by atoms with Crippen LogP contribution >= 0.6 is 0 Å². The van der Waals surface area contributed by atoms with E-state index in [1.54, 1.807) is 0 Å². The monoisotopic (exact) mass is 243 g/mol. The molecule has 0 aromatic rings. The molecule has 102 valence electrons. The van der Waals surface area contributed by atoms with E-state index in [4.69, 9.17) is 4.74 Å². The first kappa shape index (κ1) is 14.9. The van der Waals surface area contributed by atoms with Crippen LogP contribution in [-0.2, 0) is 4.74 Å². The summed E-state index contributed by atoms with van der Waals surface area (Å²) >= 11 is 0. The minimum Gasteiger partial charge on any atom is -0.392 e. The Morgan fingerprint density at radius 3 is 2.24 bits per heavy atom. The van der Waals surface area contributed by atoms with Gasteiger partial charge in [-0.15, -0.1) is 0 Å². The Morgan fingerprint density at radius 1 is 1.24 bits per heavy atom. The standard InChI is InChI=1S/C14H29NO2/c1-10-6-12(7-11(2)17-10)15-9-13(16)8-14(3,4)5/h10-13,15-16H,6-9H2,1-5H3. The Hall–Kier alpha value is -0.120. The maximum Gasteiger partial charge on any atom is 0.0669 e. The van der Waals surface area contributed by atoms with Crippen LogP contribution in [0.5, 0.6) is 0 Å². The molecule has 3 unspecified atom stereocenters. The number of hydrogen-bond acceptors (Lipinski definition) is 3. The smallest absolute Gasteiger partial charge is 0.0669 e. The molecule has 0 amide bonds. The second-order valence-corrected chi connectivity index (χ2v) is 6.75. The Kier molecular flexibility index (Phi) is 5.42. The zero-order valence-electron chi connectivity index (χ0n) is 12.0. The molecule has 2 N–H and O–H groups in total. The third kappa shape index (κ3) is 6.39. The largest absolute Gasteiger partial charge is 0.392 e. The van der Waals surface area contributed by atoms with Gasteiger partial charge in [0.2, 0.25) is 0 Å². The van der Waals surface area contributed by atoms with E-state index in [-0.39, 0.29) is 11.5 Å². The molecule has 0 spiro atoms. The Labute approximate surface area is 106 Å². The van der Waals surface area contributed by atoms with E-state index < -0.39 is 0 Å². The minimum absolute atomic E-state index is 0.192. The van der Waals surface area contributed by atoms with Crippen LogP contribution in [0.25, 0.3) is 0 Å². The Bertz CT molecular complexity index is 215. The van der Waals surface area contributed by atoms with Gasteiger partial charge in [0.25, 0.3) is 0 Å². The van der Waals surface area contributed by atoms with Crippen molar-refractivity contribution in [3.8, 4) is 0 Å². The minimum atomic E-state index is -0.247. The number of nitrogens with one attached hydrogen (secondary N) is 1. The summed E-state index contributed by atoms with van der Waals surface area (Å²) in [5, 5.41) is 13.4. The van der Waals surface area contributed by atoms with Crippen molar-refractivity contribution in [3.63, 3.8) is 0 Å². The van der Waals surface area contributed by atoms with Crippen molar-refractivity contribution < 1.29 is 9.84 Å². The molecule has 0 bridgehead atoms. The van der Waals surface area contributed by atoms with Gasteiger partial charge in [0, 0.05) is 12.6 Å². The topological polar surface area (TPSA) is 41.5 Å². The lowest BCUT2D eigenvalue weighted by atomic mass is 9.89. The van der Waals surface area contributed by atoms with E-state index in [9.17, 15) is 5.11 Å². The molecule has 3 heteroatoms.